The fourth-order valence-corrected chi connectivity index (χ4v) is 2.52. The highest BCUT2D eigenvalue weighted by atomic mass is 35.5. The Balaban J connectivity index is 2.11. The van der Waals surface area contributed by atoms with Crippen molar-refractivity contribution in [3.05, 3.63) is 52.8 Å². The molecule has 0 saturated carbocycles. The predicted octanol–water partition coefficient (Wildman–Crippen LogP) is 2.98. The Hall–Kier alpha value is -1.39. The van der Waals surface area contributed by atoms with E-state index >= 15 is 0 Å². The average Bonchev–Trinajstić information content (AvgIpc) is 2.79. The van der Waals surface area contributed by atoms with Crippen LogP contribution in [0, 0.1) is 5.82 Å². The van der Waals surface area contributed by atoms with Crippen LogP contribution in [0.4, 0.5) is 4.39 Å². The van der Waals surface area contributed by atoms with E-state index in [9.17, 15) is 4.39 Å². The third-order valence-electron chi connectivity index (χ3n) is 3.32. The lowest BCUT2D eigenvalue weighted by molar-refractivity contribution is 0.503. The number of hydrogen-bond donors (Lipinski definition) is 1. The molecule has 108 valence electrons. The fourth-order valence-electron chi connectivity index (χ4n) is 2.27. The van der Waals surface area contributed by atoms with Gasteiger partial charge in [0.15, 0.2) is 0 Å². The van der Waals surface area contributed by atoms with Crippen LogP contribution in [0.1, 0.15) is 18.3 Å². The molecule has 0 fully saturated rings. The Labute approximate surface area is 123 Å². The van der Waals surface area contributed by atoms with E-state index in [2.05, 4.69) is 17.2 Å². The lowest BCUT2D eigenvalue weighted by Gasteiger charge is -2.18. The molecule has 0 bridgehead atoms. The van der Waals surface area contributed by atoms with Crippen LogP contribution in [-0.2, 0) is 19.9 Å². The zero-order valence-electron chi connectivity index (χ0n) is 11.7. The van der Waals surface area contributed by atoms with Gasteiger partial charge in [-0.2, -0.15) is 0 Å². The SMILES string of the molecule is CCNC(Cc1ccc(F)cc1Cl)Cc1nccn1C. The Morgan fingerprint density at radius 2 is 2.20 bits per heavy atom. The van der Waals surface area contributed by atoms with Crippen molar-refractivity contribution in [2.45, 2.75) is 25.8 Å². The maximum absolute atomic E-state index is 13.1. The lowest BCUT2D eigenvalue weighted by atomic mass is 10.0. The second-order valence-corrected chi connectivity index (χ2v) is 5.26. The van der Waals surface area contributed by atoms with E-state index in [1.807, 2.05) is 17.8 Å². The summed E-state index contributed by atoms with van der Waals surface area (Å²) in [4.78, 5) is 4.35. The molecular weight excluding hydrogens is 277 g/mol. The van der Waals surface area contributed by atoms with E-state index in [1.165, 1.54) is 12.1 Å². The topological polar surface area (TPSA) is 29.9 Å². The number of hydrogen-bond acceptors (Lipinski definition) is 2. The first-order valence-electron chi connectivity index (χ1n) is 6.73. The van der Waals surface area contributed by atoms with E-state index in [-0.39, 0.29) is 11.9 Å². The van der Waals surface area contributed by atoms with Gasteiger partial charge < -0.3 is 9.88 Å². The first-order valence-corrected chi connectivity index (χ1v) is 7.11. The van der Waals surface area contributed by atoms with Crippen molar-refractivity contribution < 1.29 is 4.39 Å². The Kier molecular flexibility index (Phi) is 5.15. The van der Waals surface area contributed by atoms with Crippen molar-refractivity contribution in [1.29, 1.82) is 0 Å². The molecule has 3 nitrogen and oxygen atoms in total. The highest BCUT2D eigenvalue weighted by molar-refractivity contribution is 6.31. The van der Waals surface area contributed by atoms with Crippen molar-refractivity contribution in [3.8, 4) is 0 Å². The minimum atomic E-state index is -0.303. The molecule has 1 atom stereocenters. The zero-order chi connectivity index (χ0) is 14.5. The number of aryl methyl sites for hydroxylation is 1. The molecule has 0 aliphatic carbocycles. The summed E-state index contributed by atoms with van der Waals surface area (Å²) in [6.45, 7) is 2.94. The van der Waals surface area contributed by atoms with Gasteiger partial charge in [-0.1, -0.05) is 24.6 Å². The van der Waals surface area contributed by atoms with Gasteiger partial charge in [-0.3, -0.25) is 0 Å². The van der Waals surface area contributed by atoms with Gasteiger partial charge in [0.25, 0.3) is 0 Å². The first-order chi connectivity index (χ1) is 9.60. The number of nitrogens with one attached hydrogen (secondary N) is 1. The molecule has 1 unspecified atom stereocenters. The number of benzene rings is 1. The van der Waals surface area contributed by atoms with E-state index in [0.29, 0.717) is 5.02 Å². The summed E-state index contributed by atoms with van der Waals surface area (Å²) < 4.78 is 15.1. The number of rotatable bonds is 6. The minimum Gasteiger partial charge on any atom is -0.338 e. The van der Waals surface area contributed by atoms with Gasteiger partial charge >= 0.3 is 0 Å². The van der Waals surface area contributed by atoms with Crippen molar-refractivity contribution in [1.82, 2.24) is 14.9 Å². The minimum absolute atomic E-state index is 0.226. The standard InChI is InChI=1S/C15H19ClFN3/c1-3-18-13(10-15-19-6-7-20(15)2)8-11-4-5-12(17)9-14(11)16/h4-7,9,13,18H,3,8,10H2,1-2H3. The third-order valence-corrected chi connectivity index (χ3v) is 3.68. The van der Waals surface area contributed by atoms with E-state index in [4.69, 9.17) is 11.6 Å². The number of imidazole rings is 1. The Morgan fingerprint density at radius 1 is 1.40 bits per heavy atom. The molecule has 2 aromatic rings. The molecule has 1 N–H and O–H groups in total. The highest BCUT2D eigenvalue weighted by Gasteiger charge is 2.14. The summed E-state index contributed by atoms with van der Waals surface area (Å²) in [6.07, 6.45) is 5.29. The van der Waals surface area contributed by atoms with Crippen molar-refractivity contribution in [3.63, 3.8) is 0 Å². The molecule has 1 aromatic heterocycles. The molecule has 0 radical (unpaired) electrons. The van der Waals surface area contributed by atoms with Crippen LogP contribution in [0.15, 0.2) is 30.6 Å². The van der Waals surface area contributed by atoms with Crippen molar-refractivity contribution in [2.75, 3.05) is 6.54 Å². The van der Waals surface area contributed by atoms with Gasteiger partial charge in [0.05, 0.1) is 0 Å². The molecule has 1 aromatic carbocycles. The zero-order valence-corrected chi connectivity index (χ0v) is 12.5. The molecule has 5 heteroatoms. The third kappa shape index (κ3) is 3.81. The van der Waals surface area contributed by atoms with Gasteiger partial charge in [0, 0.05) is 36.9 Å². The van der Waals surface area contributed by atoms with Gasteiger partial charge in [0.1, 0.15) is 11.6 Å². The summed E-state index contributed by atoms with van der Waals surface area (Å²) in [6, 6.07) is 4.79. The van der Waals surface area contributed by atoms with Crippen LogP contribution < -0.4 is 5.32 Å². The van der Waals surface area contributed by atoms with E-state index in [1.54, 1.807) is 12.3 Å². The molecule has 1 heterocycles. The van der Waals surface area contributed by atoms with E-state index < -0.39 is 0 Å². The average molecular weight is 296 g/mol. The van der Waals surface area contributed by atoms with Gasteiger partial charge in [-0.25, -0.2) is 9.37 Å². The molecule has 0 aliphatic heterocycles. The highest BCUT2D eigenvalue weighted by Crippen LogP contribution is 2.19. The molecular formula is C15H19ClFN3. The quantitative estimate of drug-likeness (QED) is 0.888. The van der Waals surface area contributed by atoms with Gasteiger partial charge in [-0.05, 0) is 30.7 Å². The van der Waals surface area contributed by atoms with Crippen LogP contribution >= 0.6 is 11.6 Å². The van der Waals surface area contributed by atoms with Crippen molar-refractivity contribution >= 4 is 11.6 Å². The van der Waals surface area contributed by atoms with Crippen LogP contribution in [-0.4, -0.2) is 22.1 Å². The number of nitrogens with zero attached hydrogens (tertiary/aromatic N) is 2. The summed E-state index contributed by atoms with van der Waals surface area (Å²) >= 11 is 6.10. The largest absolute Gasteiger partial charge is 0.338 e. The second kappa shape index (κ2) is 6.86. The summed E-state index contributed by atoms with van der Waals surface area (Å²) in [5.41, 5.74) is 0.952. The molecule has 0 amide bonds. The molecule has 2 rings (SSSR count). The summed E-state index contributed by atoms with van der Waals surface area (Å²) in [5.74, 6) is 0.719. The van der Waals surface area contributed by atoms with Crippen LogP contribution in [0.2, 0.25) is 5.02 Å². The van der Waals surface area contributed by atoms with Crippen LogP contribution in [0.5, 0.6) is 0 Å². The Morgan fingerprint density at radius 3 is 2.80 bits per heavy atom. The number of aromatic nitrogens is 2. The summed E-state index contributed by atoms with van der Waals surface area (Å²) in [5, 5.41) is 3.91. The smallest absolute Gasteiger partial charge is 0.124 e. The van der Waals surface area contributed by atoms with Crippen molar-refractivity contribution in [2.24, 2.45) is 7.05 Å². The molecule has 0 saturated heterocycles. The Bertz CT molecular complexity index is 568. The van der Waals surface area contributed by atoms with Gasteiger partial charge in [0.2, 0.25) is 0 Å². The lowest BCUT2D eigenvalue weighted by Crippen LogP contribution is -2.34. The normalized spacial score (nSPS) is 12.6. The molecule has 0 spiro atoms. The monoisotopic (exact) mass is 295 g/mol. The number of likely N-dealkylation sites (N-methyl/N-ethyl adjacent to an activating group) is 1. The van der Waals surface area contributed by atoms with Crippen LogP contribution in [0.3, 0.4) is 0 Å². The molecule has 20 heavy (non-hydrogen) atoms. The first kappa shape index (κ1) is 15.0. The maximum Gasteiger partial charge on any atom is 0.124 e. The van der Waals surface area contributed by atoms with Crippen LogP contribution in [0.25, 0.3) is 0 Å². The summed E-state index contributed by atoms with van der Waals surface area (Å²) in [7, 11) is 1.98. The molecule has 0 aliphatic rings. The van der Waals surface area contributed by atoms with E-state index in [0.717, 1.165) is 30.8 Å². The number of halogens is 2. The predicted molar refractivity (Wildman–Crippen MR) is 79.5 cm³/mol. The second-order valence-electron chi connectivity index (χ2n) is 4.85. The fraction of sp³-hybridized carbons (Fsp3) is 0.400. The van der Waals surface area contributed by atoms with Gasteiger partial charge in [-0.15, -0.1) is 0 Å². The maximum atomic E-state index is 13.1.